The van der Waals surface area contributed by atoms with Gasteiger partial charge in [0.2, 0.25) is 10.0 Å². The first-order chi connectivity index (χ1) is 13.6. The summed E-state index contributed by atoms with van der Waals surface area (Å²) in [5, 5.41) is 3.41. The second kappa shape index (κ2) is 8.62. The Bertz CT molecular complexity index is 1030. The van der Waals surface area contributed by atoms with Gasteiger partial charge in [0.1, 0.15) is 4.90 Å². The van der Waals surface area contributed by atoms with Crippen LogP contribution in [-0.2, 0) is 14.8 Å². The number of morpholine rings is 1. The largest absolute Gasteiger partial charge is 0.373 e. The highest BCUT2D eigenvalue weighted by Gasteiger charge is 2.33. The second-order valence-corrected chi connectivity index (χ2v) is 9.89. The molecule has 156 valence electrons. The number of carbonyl (C=O) groups is 1. The van der Waals surface area contributed by atoms with Crippen LogP contribution in [0, 0.1) is 6.92 Å². The van der Waals surface area contributed by atoms with E-state index in [9.17, 15) is 13.2 Å². The number of anilines is 1. The summed E-state index contributed by atoms with van der Waals surface area (Å²) in [7, 11) is -3.88. The van der Waals surface area contributed by atoms with Gasteiger partial charge in [-0.1, -0.05) is 23.2 Å². The summed E-state index contributed by atoms with van der Waals surface area (Å²) >= 11 is 12.1. The van der Waals surface area contributed by atoms with Crippen molar-refractivity contribution in [3.05, 3.63) is 57.6 Å². The summed E-state index contributed by atoms with van der Waals surface area (Å²) in [6.45, 7) is 5.91. The predicted molar refractivity (Wildman–Crippen MR) is 114 cm³/mol. The van der Waals surface area contributed by atoms with Crippen LogP contribution >= 0.6 is 23.2 Å². The number of amides is 1. The van der Waals surface area contributed by atoms with Crippen molar-refractivity contribution in [1.29, 1.82) is 0 Å². The van der Waals surface area contributed by atoms with Crippen molar-refractivity contribution in [2.75, 3.05) is 18.4 Å². The molecule has 0 saturated carbocycles. The van der Waals surface area contributed by atoms with Crippen LogP contribution in [0.15, 0.2) is 41.3 Å². The molecule has 2 aromatic carbocycles. The van der Waals surface area contributed by atoms with Gasteiger partial charge >= 0.3 is 0 Å². The summed E-state index contributed by atoms with van der Waals surface area (Å²) in [5.41, 5.74) is 1.58. The number of nitrogens with one attached hydrogen (secondary N) is 1. The van der Waals surface area contributed by atoms with Crippen LogP contribution in [0.3, 0.4) is 0 Å². The van der Waals surface area contributed by atoms with E-state index in [-0.39, 0.29) is 40.8 Å². The SMILES string of the molecule is Cc1cc(Cl)ccc1NC(=O)c1ccc(Cl)c(S(=O)(=O)N2C[C@@H](C)O[C@@H](C)C2)c1. The molecule has 2 atom stereocenters. The molecule has 1 aliphatic heterocycles. The van der Waals surface area contributed by atoms with Crippen molar-refractivity contribution < 1.29 is 17.9 Å². The Balaban J connectivity index is 1.90. The number of hydrogen-bond donors (Lipinski definition) is 1. The molecule has 6 nitrogen and oxygen atoms in total. The van der Waals surface area contributed by atoms with E-state index in [0.29, 0.717) is 10.7 Å². The molecule has 0 radical (unpaired) electrons. The van der Waals surface area contributed by atoms with E-state index in [0.717, 1.165) is 5.56 Å². The second-order valence-electron chi connectivity index (χ2n) is 7.14. The van der Waals surface area contributed by atoms with Crippen molar-refractivity contribution in [2.45, 2.75) is 37.9 Å². The van der Waals surface area contributed by atoms with E-state index >= 15 is 0 Å². The quantitative estimate of drug-likeness (QED) is 0.741. The van der Waals surface area contributed by atoms with E-state index in [4.69, 9.17) is 27.9 Å². The summed E-state index contributed by atoms with van der Waals surface area (Å²) in [5.74, 6) is -0.438. The number of rotatable bonds is 4. The summed E-state index contributed by atoms with van der Waals surface area (Å²) < 4.78 is 33.3. The highest BCUT2D eigenvalue weighted by molar-refractivity contribution is 7.89. The zero-order chi connectivity index (χ0) is 21.3. The molecule has 1 fully saturated rings. The van der Waals surface area contributed by atoms with E-state index in [1.165, 1.54) is 22.5 Å². The molecular weight excluding hydrogens is 435 g/mol. The summed E-state index contributed by atoms with van der Waals surface area (Å²) in [6, 6.07) is 9.32. The van der Waals surface area contributed by atoms with Gasteiger partial charge in [-0.3, -0.25) is 4.79 Å². The average Bonchev–Trinajstić information content (AvgIpc) is 2.63. The normalized spacial score (nSPS) is 20.4. The number of ether oxygens (including phenoxy) is 1. The topological polar surface area (TPSA) is 75.7 Å². The van der Waals surface area contributed by atoms with Crippen LogP contribution < -0.4 is 5.32 Å². The predicted octanol–water partition coefficient (Wildman–Crippen LogP) is 4.35. The van der Waals surface area contributed by atoms with Gasteiger partial charge in [0.05, 0.1) is 17.2 Å². The van der Waals surface area contributed by atoms with Gasteiger partial charge in [0.25, 0.3) is 5.91 Å². The molecule has 1 aliphatic rings. The lowest BCUT2D eigenvalue weighted by molar-refractivity contribution is -0.0440. The van der Waals surface area contributed by atoms with Gasteiger partial charge < -0.3 is 10.1 Å². The smallest absolute Gasteiger partial charge is 0.255 e. The van der Waals surface area contributed by atoms with Gasteiger partial charge in [0, 0.05) is 29.4 Å². The maximum Gasteiger partial charge on any atom is 0.255 e. The van der Waals surface area contributed by atoms with Crippen molar-refractivity contribution in [1.82, 2.24) is 4.31 Å². The number of benzene rings is 2. The molecule has 0 aromatic heterocycles. The van der Waals surface area contributed by atoms with Crippen LogP contribution in [0.5, 0.6) is 0 Å². The minimum Gasteiger partial charge on any atom is -0.373 e. The first-order valence-corrected chi connectivity index (χ1v) is 11.3. The maximum atomic E-state index is 13.2. The lowest BCUT2D eigenvalue weighted by atomic mass is 10.1. The maximum absolute atomic E-state index is 13.2. The molecule has 1 heterocycles. The Morgan fingerprint density at radius 3 is 2.38 bits per heavy atom. The summed E-state index contributed by atoms with van der Waals surface area (Å²) in [6.07, 6.45) is -0.460. The minimum atomic E-state index is -3.88. The van der Waals surface area contributed by atoms with Gasteiger partial charge in [-0.15, -0.1) is 0 Å². The van der Waals surface area contributed by atoms with Gasteiger partial charge in [0.15, 0.2) is 0 Å². The number of halogens is 2. The molecule has 9 heteroatoms. The zero-order valence-electron chi connectivity index (χ0n) is 16.3. The molecule has 0 bridgehead atoms. The highest BCUT2D eigenvalue weighted by Crippen LogP contribution is 2.29. The number of hydrogen-bond acceptors (Lipinski definition) is 4. The molecule has 3 rings (SSSR count). The van der Waals surface area contributed by atoms with Crippen LogP contribution in [0.4, 0.5) is 5.69 Å². The molecule has 2 aromatic rings. The number of nitrogens with zero attached hydrogens (tertiary/aromatic N) is 1. The van der Waals surface area contributed by atoms with Gasteiger partial charge in [-0.25, -0.2) is 8.42 Å². The zero-order valence-corrected chi connectivity index (χ0v) is 18.6. The monoisotopic (exact) mass is 456 g/mol. The number of aryl methyl sites for hydroxylation is 1. The Labute approximate surface area is 180 Å². The third-order valence-corrected chi connectivity index (χ3v) is 7.18. The van der Waals surface area contributed by atoms with E-state index in [1.807, 2.05) is 20.8 Å². The van der Waals surface area contributed by atoms with E-state index in [2.05, 4.69) is 5.32 Å². The molecule has 1 N–H and O–H groups in total. The molecule has 0 aliphatic carbocycles. The van der Waals surface area contributed by atoms with Crippen molar-refractivity contribution >= 4 is 44.8 Å². The fraction of sp³-hybridized carbons (Fsp3) is 0.350. The number of carbonyl (C=O) groups excluding carboxylic acids is 1. The lowest BCUT2D eigenvalue weighted by Gasteiger charge is -2.34. The Morgan fingerprint density at radius 1 is 1.10 bits per heavy atom. The van der Waals surface area contributed by atoms with E-state index in [1.54, 1.807) is 18.2 Å². The van der Waals surface area contributed by atoms with Gasteiger partial charge in [-0.2, -0.15) is 4.31 Å². The lowest BCUT2D eigenvalue weighted by Crippen LogP contribution is -2.48. The average molecular weight is 457 g/mol. The first-order valence-electron chi connectivity index (χ1n) is 9.10. The van der Waals surface area contributed by atoms with Crippen molar-refractivity contribution in [3.8, 4) is 0 Å². The minimum absolute atomic E-state index is 0.0658. The van der Waals surface area contributed by atoms with E-state index < -0.39 is 15.9 Å². The highest BCUT2D eigenvalue weighted by atomic mass is 35.5. The molecule has 1 amide bonds. The van der Waals surface area contributed by atoms with Crippen LogP contribution in [0.25, 0.3) is 0 Å². The van der Waals surface area contributed by atoms with Crippen LogP contribution in [0.2, 0.25) is 10.0 Å². The Hall–Kier alpha value is -1.64. The molecular formula is C20H22Cl2N2O4S. The molecule has 29 heavy (non-hydrogen) atoms. The van der Waals surface area contributed by atoms with Gasteiger partial charge in [-0.05, 0) is 62.7 Å². The van der Waals surface area contributed by atoms with Crippen LogP contribution in [0.1, 0.15) is 29.8 Å². The first kappa shape index (κ1) is 22.1. The third-order valence-electron chi connectivity index (χ3n) is 4.63. The standard InChI is InChI=1S/C20H22Cl2N2O4S/c1-12-8-16(21)5-7-18(12)23-20(25)15-4-6-17(22)19(9-15)29(26,27)24-10-13(2)28-14(3)11-24/h4-9,13-14H,10-11H2,1-3H3,(H,23,25)/t13-,14+. The van der Waals surface area contributed by atoms with Crippen LogP contribution in [-0.4, -0.2) is 43.9 Å². The summed E-state index contributed by atoms with van der Waals surface area (Å²) in [4.78, 5) is 12.6. The van der Waals surface area contributed by atoms with Crippen molar-refractivity contribution in [2.24, 2.45) is 0 Å². The Kier molecular flexibility index (Phi) is 6.55. The third kappa shape index (κ3) is 4.92. The van der Waals surface area contributed by atoms with Crippen molar-refractivity contribution in [3.63, 3.8) is 0 Å². The number of sulfonamides is 1. The fourth-order valence-electron chi connectivity index (χ4n) is 3.27. The molecule has 0 spiro atoms. The Morgan fingerprint density at radius 2 is 1.76 bits per heavy atom. The molecule has 0 unspecified atom stereocenters. The fourth-order valence-corrected chi connectivity index (χ4v) is 5.59. The molecule has 1 saturated heterocycles.